The van der Waals surface area contributed by atoms with Crippen molar-refractivity contribution < 1.29 is 0 Å². The van der Waals surface area contributed by atoms with Gasteiger partial charge in [-0.2, -0.15) is 0 Å². The van der Waals surface area contributed by atoms with Crippen molar-refractivity contribution in [1.82, 2.24) is 4.90 Å². The molecule has 0 aromatic rings. The Morgan fingerprint density at radius 1 is 1.31 bits per heavy atom. The highest BCUT2D eigenvalue weighted by molar-refractivity contribution is 5.81. The predicted octanol–water partition coefficient (Wildman–Crippen LogP) is 2.55. The lowest BCUT2D eigenvalue weighted by atomic mass is 10.0. The lowest BCUT2D eigenvalue weighted by Gasteiger charge is -2.26. The first-order chi connectivity index (χ1) is 6.11. The molecule has 0 saturated heterocycles. The zero-order valence-electron chi connectivity index (χ0n) is 9.38. The van der Waals surface area contributed by atoms with Gasteiger partial charge < -0.3 is 4.90 Å². The van der Waals surface area contributed by atoms with Gasteiger partial charge in [-0.15, -0.1) is 0 Å². The van der Waals surface area contributed by atoms with Crippen molar-refractivity contribution in [1.29, 1.82) is 0 Å². The minimum atomic E-state index is 0.675. The summed E-state index contributed by atoms with van der Waals surface area (Å²) in [5.41, 5.74) is 0. The van der Waals surface area contributed by atoms with Crippen LogP contribution < -0.4 is 0 Å². The van der Waals surface area contributed by atoms with Crippen LogP contribution in [0.15, 0.2) is 4.99 Å². The molecular weight excluding hydrogens is 160 g/mol. The molecule has 1 heterocycles. The Hall–Kier alpha value is -0.530. The maximum atomic E-state index is 4.41. The molecule has 1 atom stereocenters. The van der Waals surface area contributed by atoms with E-state index >= 15 is 0 Å². The van der Waals surface area contributed by atoms with Gasteiger partial charge in [-0.3, -0.25) is 4.99 Å². The zero-order valence-corrected chi connectivity index (χ0v) is 9.38. The summed E-state index contributed by atoms with van der Waals surface area (Å²) in [5, 5.41) is 0. The average Bonchev–Trinajstić information content (AvgIpc) is 2.47. The molecule has 2 nitrogen and oxygen atoms in total. The molecule has 0 N–H and O–H groups in total. The first-order valence-corrected chi connectivity index (χ1v) is 5.39. The molecule has 0 bridgehead atoms. The highest BCUT2D eigenvalue weighted by Gasteiger charge is 2.18. The van der Waals surface area contributed by atoms with E-state index in [1.165, 1.54) is 18.7 Å². The third-order valence-electron chi connectivity index (χ3n) is 2.79. The van der Waals surface area contributed by atoms with Gasteiger partial charge in [0.2, 0.25) is 0 Å². The predicted molar refractivity (Wildman–Crippen MR) is 58.2 cm³/mol. The third-order valence-corrected chi connectivity index (χ3v) is 2.79. The summed E-state index contributed by atoms with van der Waals surface area (Å²) in [6.45, 7) is 11.1. The Bertz CT molecular complexity index is 185. The molecule has 0 radical (unpaired) electrons. The van der Waals surface area contributed by atoms with Gasteiger partial charge in [-0.1, -0.05) is 13.8 Å². The van der Waals surface area contributed by atoms with Gasteiger partial charge in [0.15, 0.2) is 0 Å². The van der Waals surface area contributed by atoms with E-state index in [1.807, 2.05) is 0 Å². The van der Waals surface area contributed by atoms with Crippen LogP contribution in [-0.4, -0.2) is 29.9 Å². The first kappa shape index (κ1) is 10.6. The van der Waals surface area contributed by atoms with Gasteiger partial charge in [0.05, 0.1) is 12.4 Å². The molecule has 0 spiro atoms. The van der Waals surface area contributed by atoms with Gasteiger partial charge in [-0.05, 0) is 32.6 Å². The monoisotopic (exact) mass is 182 g/mol. The molecule has 0 saturated carbocycles. The molecular formula is C11H22N2. The van der Waals surface area contributed by atoms with Crippen LogP contribution in [0.5, 0.6) is 0 Å². The largest absolute Gasteiger partial charge is 0.356 e. The number of amidine groups is 1. The number of hydrogen-bond acceptors (Lipinski definition) is 2. The van der Waals surface area contributed by atoms with Crippen molar-refractivity contribution in [3.05, 3.63) is 0 Å². The fourth-order valence-corrected chi connectivity index (χ4v) is 1.84. The minimum absolute atomic E-state index is 0.675. The van der Waals surface area contributed by atoms with Crippen molar-refractivity contribution in [2.75, 3.05) is 13.1 Å². The molecule has 0 aliphatic carbocycles. The standard InChI is InChI=1S/C11H22N2/c1-9(2)5-6-10(3)13-8-7-12-11(13)4/h9-10H,5-8H2,1-4H3. The van der Waals surface area contributed by atoms with Crippen LogP contribution in [0.2, 0.25) is 0 Å². The fraction of sp³-hybridized carbons (Fsp3) is 0.909. The molecule has 1 rings (SSSR count). The summed E-state index contributed by atoms with van der Waals surface area (Å²) in [7, 11) is 0. The normalized spacial score (nSPS) is 19.5. The van der Waals surface area contributed by atoms with Gasteiger partial charge >= 0.3 is 0 Å². The van der Waals surface area contributed by atoms with Crippen LogP contribution in [0, 0.1) is 5.92 Å². The molecule has 0 amide bonds. The number of hydrogen-bond donors (Lipinski definition) is 0. The second-order valence-electron chi connectivity index (χ2n) is 4.44. The van der Waals surface area contributed by atoms with E-state index in [1.54, 1.807) is 0 Å². The van der Waals surface area contributed by atoms with E-state index < -0.39 is 0 Å². The Morgan fingerprint density at radius 3 is 2.46 bits per heavy atom. The van der Waals surface area contributed by atoms with Gasteiger partial charge in [0, 0.05) is 12.6 Å². The number of aliphatic imine (C=N–C) groups is 1. The quantitative estimate of drug-likeness (QED) is 0.652. The fourth-order valence-electron chi connectivity index (χ4n) is 1.84. The van der Waals surface area contributed by atoms with Crippen molar-refractivity contribution in [3.8, 4) is 0 Å². The molecule has 1 unspecified atom stereocenters. The number of rotatable bonds is 4. The first-order valence-electron chi connectivity index (χ1n) is 5.39. The summed E-state index contributed by atoms with van der Waals surface area (Å²) >= 11 is 0. The van der Waals surface area contributed by atoms with E-state index in [-0.39, 0.29) is 0 Å². The topological polar surface area (TPSA) is 15.6 Å². The van der Waals surface area contributed by atoms with Crippen molar-refractivity contribution in [3.63, 3.8) is 0 Å². The lowest BCUT2D eigenvalue weighted by molar-refractivity contribution is 0.318. The molecule has 0 aromatic carbocycles. The summed E-state index contributed by atoms with van der Waals surface area (Å²) in [4.78, 5) is 6.84. The SMILES string of the molecule is CC1=NCCN1C(C)CCC(C)C. The minimum Gasteiger partial charge on any atom is -0.356 e. The van der Waals surface area contributed by atoms with E-state index in [0.717, 1.165) is 19.0 Å². The molecule has 1 aliphatic rings. The van der Waals surface area contributed by atoms with Crippen LogP contribution in [0.25, 0.3) is 0 Å². The Morgan fingerprint density at radius 2 is 2.00 bits per heavy atom. The Labute approximate surface area is 82.0 Å². The molecule has 76 valence electrons. The van der Waals surface area contributed by atoms with E-state index in [0.29, 0.717) is 6.04 Å². The van der Waals surface area contributed by atoms with Crippen molar-refractivity contribution in [2.24, 2.45) is 10.9 Å². The van der Waals surface area contributed by atoms with E-state index in [9.17, 15) is 0 Å². The van der Waals surface area contributed by atoms with E-state index in [4.69, 9.17) is 0 Å². The highest BCUT2D eigenvalue weighted by Crippen LogP contribution is 2.14. The van der Waals surface area contributed by atoms with Crippen molar-refractivity contribution >= 4 is 5.84 Å². The summed E-state index contributed by atoms with van der Waals surface area (Å²) < 4.78 is 0. The van der Waals surface area contributed by atoms with Crippen LogP contribution in [0.4, 0.5) is 0 Å². The van der Waals surface area contributed by atoms with Crippen LogP contribution in [0.1, 0.15) is 40.5 Å². The number of nitrogens with zero attached hydrogens (tertiary/aromatic N) is 2. The third kappa shape index (κ3) is 3.02. The van der Waals surface area contributed by atoms with Crippen molar-refractivity contribution in [2.45, 2.75) is 46.6 Å². The summed E-state index contributed by atoms with van der Waals surface area (Å²) in [6, 6.07) is 0.675. The van der Waals surface area contributed by atoms with Gasteiger partial charge in [-0.25, -0.2) is 0 Å². The maximum absolute atomic E-state index is 4.41. The highest BCUT2D eigenvalue weighted by atomic mass is 15.2. The molecule has 13 heavy (non-hydrogen) atoms. The second kappa shape index (κ2) is 4.64. The Balaban J connectivity index is 2.31. The Kier molecular flexibility index (Phi) is 3.76. The zero-order chi connectivity index (χ0) is 9.84. The molecule has 2 heteroatoms. The maximum Gasteiger partial charge on any atom is 0.0961 e. The van der Waals surface area contributed by atoms with Gasteiger partial charge in [0.25, 0.3) is 0 Å². The molecule has 0 aromatic heterocycles. The summed E-state index contributed by atoms with van der Waals surface area (Å²) in [6.07, 6.45) is 2.62. The van der Waals surface area contributed by atoms with Crippen LogP contribution >= 0.6 is 0 Å². The lowest BCUT2D eigenvalue weighted by Crippen LogP contribution is -2.34. The van der Waals surface area contributed by atoms with E-state index in [2.05, 4.69) is 37.6 Å². The van der Waals surface area contributed by atoms with Gasteiger partial charge in [0.1, 0.15) is 0 Å². The second-order valence-corrected chi connectivity index (χ2v) is 4.44. The molecule has 1 aliphatic heterocycles. The van der Waals surface area contributed by atoms with Crippen LogP contribution in [0.3, 0.4) is 0 Å². The average molecular weight is 182 g/mol. The smallest absolute Gasteiger partial charge is 0.0961 e. The van der Waals surface area contributed by atoms with Crippen LogP contribution in [-0.2, 0) is 0 Å². The molecule has 0 fully saturated rings. The summed E-state index contributed by atoms with van der Waals surface area (Å²) in [5.74, 6) is 2.05.